The smallest absolute Gasteiger partial charge is 0.200 e. The Bertz CT molecular complexity index is 608. The van der Waals surface area contributed by atoms with Crippen LogP contribution >= 0.6 is 0 Å². The van der Waals surface area contributed by atoms with Crippen LogP contribution in [0.25, 0.3) is 0 Å². The van der Waals surface area contributed by atoms with Crippen molar-refractivity contribution in [2.75, 3.05) is 35.5 Å². The van der Waals surface area contributed by atoms with Gasteiger partial charge in [0.2, 0.25) is 6.29 Å². The predicted octanol–water partition coefficient (Wildman–Crippen LogP) is 1.41. The molecule has 0 N–H and O–H groups in total. The minimum Gasteiger partial charge on any atom is -0.496 e. The molecule has 0 radical (unpaired) electrons. The Balaban J connectivity index is 2.06. The maximum atomic E-state index is 5.71. The molecule has 0 amide bonds. The first-order chi connectivity index (χ1) is 11.7. The summed E-state index contributed by atoms with van der Waals surface area (Å²) in [5.41, 5.74) is 1.30. The molecule has 0 spiro atoms. The molecule has 2 aliphatic rings. The Morgan fingerprint density at radius 1 is 0.875 bits per heavy atom. The van der Waals surface area contributed by atoms with Crippen molar-refractivity contribution >= 4 is 5.71 Å². The molecule has 1 aromatic rings. The Hall–Kier alpha value is -2.03. The van der Waals surface area contributed by atoms with E-state index in [1.807, 2.05) is 0 Å². The molecule has 3 rings (SSSR count). The van der Waals surface area contributed by atoms with Crippen molar-refractivity contribution in [1.82, 2.24) is 0 Å². The van der Waals surface area contributed by atoms with Gasteiger partial charge in [-0.15, -0.1) is 0 Å². The highest BCUT2D eigenvalue weighted by atomic mass is 16.8. The highest BCUT2D eigenvalue weighted by Gasteiger charge is 2.54. The molecule has 0 aromatic heterocycles. The minimum absolute atomic E-state index is 0.267. The van der Waals surface area contributed by atoms with Gasteiger partial charge in [0.15, 0.2) is 12.4 Å². The predicted molar refractivity (Wildman–Crippen MR) is 83.7 cm³/mol. The van der Waals surface area contributed by atoms with Crippen molar-refractivity contribution in [3.05, 3.63) is 17.7 Å². The number of methoxy groups -OCH3 is 5. The molecule has 0 bridgehead atoms. The van der Waals surface area contributed by atoms with E-state index in [1.54, 1.807) is 47.7 Å². The zero-order valence-corrected chi connectivity index (χ0v) is 14.3. The second kappa shape index (κ2) is 6.84. The number of hydrogen-bond acceptors (Lipinski definition) is 8. The SMILES string of the molecule is COc1cc(OC)c(C2=NO[C@@H]3[C@@H](OC)O[C@@H](OC)[C@@H]23)c(OC)c1. The lowest BCUT2D eigenvalue weighted by Gasteiger charge is -2.19. The lowest BCUT2D eigenvalue weighted by Crippen LogP contribution is -2.32. The first kappa shape index (κ1) is 16.8. The summed E-state index contributed by atoms with van der Waals surface area (Å²) in [6, 6.07) is 3.53. The molecule has 0 aliphatic carbocycles. The first-order valence-corrected chi connectivity index (χ1v) is 7.43. The third kappa shape index (κ3) is 2.56. The standard InChI is InChI=1S/C16H21NO7/c1-18-8-6-9(19-2)11(10(7-8)20-3)13-12-14(24-17-13)16(22-5)23-15(12)21-4/h6-7,12,14-16H,1-5H3/t12-,14-,15+,16-/m0/s1. The lowest BCUT2D eigenvalue weighted by molar-refractivity contribution is -0.206. The summed E-state index contributed by atoms with van der Waals surface area (Å²) in [6.07, 6.45) is -1.50. The zero-order chi connectivity index (χ0) is 17.3. The third-order valence-corrected chi connectivity index (χ3v) is 4.21. The van der Waals surface area contributed by atoms with Crippen molar-refractivity contribution < 1.29 is 33.3 Å². The van der Waals surface area contributed by atoms with Gasteiger partial charge in [0.1, 0.15) is 28.9 Å². The van der Waals surface area contributed by atoms with E-state index in [-0.39, 0.29) is 5.92 Å². The van der Waals surface area contributed by atoms with Crippen LogP contribution in [-0.4, -0.2) is 59.9 Å². The van der Waals surface area contributed by atoms with Crippen molar-refractivity contribution in [1.29, 1.82) is 0 Å². The number of nitrogens with zero attached hydrogens (tertiary/aromatic N) is 1. The highest BCUT2D eigenvalue weighted by Crippen LogP contribution is 2.43. The summed E-state index contributed by atoms with van der Waals surface area (Å²) >= 11 is 0. The molecule has 8 heteroatoms. The van der Waals surface area contributed by atoms with Gasteiger partial charge in [-0.05, 0) is 0 Å². The van der Waals surface area contributed by atoms with Gasteiger partial charge in [0, 0.05) is 26.4 Å². The molecular formula is C16H21NO7. The van der Waals surface area contributed by atoms with Crippen molar-refractivity contribution in [3.63, 3.8) is 0 Å². The van der Waals surface area contributed by atoms with E-state index in [2.05, 4.69) is 5.16 Å². The zero-order valence-electron chi connectivity index (χ0n) is 14.3. The Morgan fingerprint density at radius 3 is 2.00 bits per heavy atom. The van der Waals surface area contributed by atoms with Crippen LogP contribution in [0.3, 0.4) is 0 Å². The summed E-state index contributed by atoms with van der Waals surface area (Å²) in [7, 11) is 7.84. The summed E-state index contributed by atoms with van der Waals surface area (Å²) < 4.78 is 32.7. The van der Waals surface area contributed by atoms with Gasteiger partial charge in [-0.2, -0.15) is 0 Å². The Kier molecular flexibility index (Phi) is 4.79. The molecule has 2 heterocycles. The molecule has 2 aliphatic heterocycles. The quantitative estimate of drug-likeness (QED) is 0.775. The molecule has 0 unspecified atom stereocenters. The van der Waals surface area contributed by atoms with Gasteiger partial charge in [-0.3, -0.25) is 0 Å². The van der Waals surface area contributed by atoms with Crippen LogP contribution in [0.2, 0.25) is 0 Å². The van der Waals surface area contributed by atoms with Crippen LogP contribution in [0.4, 0.5) is 0 Å². The van der Waals surface area contributed by atoms with E-state index in [0.717, 1.165) is 0 Å². The maximum absolute atomic E-state index is 5.71. The van der Waals surface area contributed by atoms with E-state index in [1.165, 1.54) is 0 Å². The molecule has 1 aromatic carbocycles. The van der Waals surface area contributed by atoms with Gasteiger partial charge < -0.3 is 33.3 Å². The number of oxime groups is 1. The van der Waals surface area contributed by atoms with E-state index < -0.39 is 18.7 Å². The third-order valence-electron chi connectivity index (χ3n) is 4.21. The molecule has 4 atom stereocenters. The fraction of sp³-hybridized carbons (Fsp3) is 0.562. The number of fused-ring (bicyclic) bond motifs is 1. The summed E-state index contributed by atoms with van der Waals surface area (Å²) in [5, 5.41) is 4.24. The molecule has 24 heavy (non-hydrogen) atoms. The number of hydrogen-bond donors (Lipinski definition) is 0. The van der Waals surface area contributed by atoms with Gasteiger partial charge in [-0.1, -0.05) is 5.16 Å². The highest BCUT2D eigenvalue weighted by molar-refractivity contribution is 6.08. The van der Waals surface area contributed by atoms with E-state index in [0.29, 0.717) is 28.5 Å². The topological polar surface area (TPSA) is 77.0 Å². The molecule has 0 saturated carbocycles. The second-order valence-electron chi connectivity index (χ2n) is 5.32. The summed E-state index contributed by atoms with van der Waals surface area (Å²) in [6.45, 7) is 0. The molecule has 132 valence electrons. The lowest BCUT2D eigenvalue weighted by atomic mass is 9.92. The fourth-order valence-corrected chi connectivity index (χ4v) is 3.06. The number of benzene rings is 1. The van der Waals surface area contributed by atoms with E-state index in [9.17, 15) is 0 Å². The van der Waals surface area contributed by atoms with Crippen LogP contribution in [0.1, 0.15) is 5.56 Å². The van der Waals surface area contributed by atoms with E-state index in [4.69, 9.17) is 33.3 Å². The average Bonchev–Trinajstić information content (AvgIpc) is 3.20. The number of rotatable bonds is 6. The van der Waals surface area contributed by atoms with Crippen molar-refractivity contribution in [2.45, 2.75) is 18.7 Å². The minimum atomic E-state index is -0.559. The Morgan fingerprint density at radius 2 is 1.50 bits per heavy atom. The van der Waals surface area contributed by atoms with Crippen LogP contribution in [0.15, 0.2) is 17.3 Å². The van der Waals surface area contributed by atoms with Gasteiger partial charge >= 0.3 is 0 Å². The normalized spacial score (nSPS) is 28.1. The van der Waals surface area contributed by atoms with Crippen LogP contribution in [0, 0.1) is 5.92 Å². The van der Waals surface area contributed by atoms with E-state index >= 15 is 0 Å². The number of ether oxygens (including phenoxy) is 6. The first-order valence-electron chi connectivity index (χ1n) is 7.43. The second-order valence-corrected chi connectivity index (χ2v) is 5.32. The van der Waals surface area contributed by atoms with Gasteiger partial charge in [-0.25, -0.2) is 0 Å². The largest absolute Gasteiger partial charge is 0.496 e. The van der Waals surface area contributed by atoms with Crippen molar-refractivity contribution in [2.24, 2.45) is 11.1 Å². The maximum Gasteiger partial charge on any atom is 0.200 e. The van der Waals surface area contributed by atoms with Crippen LogP contribution in [-0.2, 0) is 19.0 Å². The van der Waals surface area contributed by atoms with Gasteiger partial charge in [0.05, 0.1) is 26.9 Å². The van der Waals surface area contributed by atoms with Crippen molar-refractivity contribution in [3.8, 4) is 17.2 Å². The molecule has 1 saturated heterocycles. The monoisotopic (exact) mass is 339 g/mol. The van der Waals surface area contributed by atoms with Gasteiger partial charge in [0.25, 0.3) is 0 Å². The Labute approximate surface area is 140 Å². The average molecular weight is 339 g/mol. The fourth-order valence-electron chi connectivity index (χ4n) is 3.06. The van der Waals surface area contributed by atoms with Crippen LogP contribution in [0.5, 0.6) is 17.2 Å². The molecule has 8 nitrogen and oxygen atoms in total. The summed E-state index contributed by atoms with van der Waals surface area (Å²) in [4.78, 5) is 5.55. The van der Waals surface area contributed by atoms with Crippen LogP contribution < -0.4 is 14.2 Å². The molecule has 1 fully saturated rings. The summed E-state index contributed by atoms with van der Waals surface area (Å²) in [5.74, 6) is 1.47. The molecular weight excluding hydrogens is 318 g/mol.